The molecule has 21 heavy (non-hydrogen) atoms. The van der Waals surface area contributed by atoms with Crippen molar-refractivity contribution >= 4 is 45.1 Å². The molecule has 0 spiro atoms. The van der Waals surface area contributed by atoms with E-state index >= 15 is 0 Å². The first-order chi connectivity index (χ1) is 9.88. The van der Waals surface area contributed by atoms with E-state index in [1.54, 1.807) is 12.1 Å². The number of benzene rings is 2. The van der Waals surface area contributed by atoms with Crippen molar-refractivity contribution in [3.05, 3.63) is 57.0 Å². The SMILES string of the molecule is O=C(Nc1ccc(C(=O)O)c(O)c1)c1ccc(Br)c(Cl)c1. The number of amides is 1. The van der Waals surface area contributed by atoms with E-state index in [2.05, 4.69) is 21.2 Å². The summed E-state index contributed by atoms with van der Waals surface area (Å²) in [6.07, 6.45) is 0. The number of hydrogen-bond donors (Lipinski definition) is 3. The van der Waals surface area contributed by atoms with Gasteiger partial charge in [-0.05, 0) is 46.3 Å². The number of carboxylic acid groups (broad SMARTS) is 1. The van der Waals surface area contributed by atoms with Crippen molar-refractivity contribution in [3.63, 3.8) is 0 Å². The number of phenols is 1. The number of carboxylic acids is 1. The molecule has 0 aliphatic heterocycles. The van der Waals surface area contributed by atoms with Crippen molar-refractivity contribution < 1.29 is 19.8 Å². The van der Waals surface area contributed by atoms with Crippen LogP contribution in [0.25, 0.3) is 0 Å². The van der Waals surface area contributed by atoms with Gasteiger partial charge in [-0.3, -0.25) is 4.79 Å². The van der Waals surface area contributed by atoms with Crippen molar-refractivity contribution in [1.82, 2.24) is 0 Å². The van der Waals surface area contributed by atoms with Crippen LogP contribution in [-0.4, -0.2) is 22.1 Å². The van der Waals surface area contributed by atoms with Crippen LogP contribution >= 0.6 is 27.5 Å². The van der Waals surface area contributed by atoms with E-state index in [1.807, 2.05) is 0 Å². The Hall–Kier alpha value is -2.05. The van der Waals surface area contributed by atoms with Crippen LogP contribution in [0.15, 0.2) is 40.9 Å². The summed E-state index contributed by atoms with van der Waals surface area (Å²) in [4.78, 5) is 22.8. The third-order valence-electron chi connectivity index (χ3n) is 2.67. The van der Waals surface area contributed by atoms with Crippen LogP contribution in [0, 0.1) is 0 Å². The maximum absolute atomic E-state index is 12.0. The van der Waals surface area contributed by atoms with Crippen LogP contribution in [0.5, 0.6) is 5.75 Å². The van der Waals surface area contributed by atoms with Crippen LogP contribution in [0.3, 0.4) is 0 Å². The molecule has 0 aromatic heterocycles. The van der Waals surface area contributed by atoms with Gasteiger partial charge in [-0.1, -0.05) is 11.6 Å². The van der Waals surface area contributed by atoms with Gasteiger partial charge < -0.3 is 15.5 Å². The number of aromatic hydroxyl groups is 1. The van der Waals surface area contributed by atoms with Crippen molar-refractivity contribution in [3.8, 4) is 5.75 Å². The van der Waals surface area contributed by atoms with Gasteiger partial charge in [-0.15, -0.1) is 0 Å². The van der Waals surface area contributed by atoms with E-state index in [4.69, 9.17) is 16.7 Å². The molecule has 0 radical (unpaired) electrons. The van der Waals surface area contributed by atoms with Gasteiger partial charge in [0.15, 0.2) is 0 Å². The van der Waals surface area contributed by atoms with Crippen LogP contribution in [0.1, 0.15) is 20.7 Å². The zero-order valence-corrected chi connectivity index (χ0v) is 12.8. The molecular formula is C14H9BrClNO4. The smallest absolute Gasteiger partial charge is 0.339 e. The lowest BCUT2D eigenvalue weighted by Gasteiger charge is -2.08. The summed E-state index contributed by atoms with van der Waals surface area (Å²) in [5.41, 5.74) is 0.381. The molecule has 2 aromatic carbocycles. The van der Waals surface area contributed by atoms with Crippen molar-refractivity contribution in [1.29, 1.82) is 0 Å². The van der Waals surface area contributed by atoms with Crippen LogP contribution < -0.4 is 5.32 Å². The first-order valence-electron chi connectivity index (χ1n) is 5.71. The molecule has 0 saturated carbocycles. The predicted molar refractivity (Wildman–Crippen MR) is 82.2 cm³/mol. The Morgan fingerprint density at radius 3 is 2.43 bits per heavy atom. The molecule has 7 heteroatoms. The Kier molecular flexibility index (Phi) is 4.50. The Labute approximate surface area is 133 Å². The average molecular weight is 371 g/mol. The Morgan fingerprint density at radius 2 is 1.86 bits per heavy atom. The maximum Gasteiger partial charge on any atom is 0.339 e. The summed E-state index contributed by atoms with van der Waals surface area (Å²) in [5, 5.41) is 21.3. The molecule has 0 fully saturated rings. The fourth-order valence-corrected chi connectivity index (χ4v) is 2.06. The number of hydrogen-bond acceptors (Lipinski definition) is 3. The molecule has 1 amide bonds. The summed E-state index contributed by atoms with van der Waals surface area (Å²) in [6.45, 7) is 0. The Balaban J connectivity index is 2.21. The van der Waals surface area contributed by atoms with E-state index < -0.39 is 17.6 Å². The number of carbonyl (C=O) groups is 2. The summed E-state index contributed by atoms with van der Waals surface area (Å²) in [6, 6.07) is 8.48. The average Bonchev–Trinajstić information content (AvgIpc) is 2.41. The van der Waals surface area contributed by atoms with E-state index in [0.717, 1.165) is 0 Å². The summed E-state index contributed by atoms with van der Waals surface area (Å²) >= 11 is 9.13. The lowest BCUT2D eigenvalue weighted by atomic mass is 10.1. The normalized spacial score (nSPS) is 10.2. The van der Waals surface area contributed by atoms with Crippen LogP contribution in [0.4, 0.5) is 5.69 Å². The van der Waals surface area contributed by atoms with Gasteiger partial charge in [0.25, 0.3) is 5.91 Å². The molecular weight excluding hydrogens is 362 g/mol. The Morgan fingerprint density at radius 1 is 1.14 bits per heavy atom. The van der Waals surface area contributed by atoms with E-state index in [0.29, 0.717) is 15.1 Å². The number of nitrogens with one attached hydrogen (secondary N) is 1. The highest BCUT2D eigenvalue weighted by molar-refractivity contribution is 9.10. The highest BCUT2D eigenvalue weighted by atomic mass is 79.9. The molecule has 2 rings (SSSR count). The molecule has 0 heterocycles. The topological polar surface area (TPSA) is 86.6 Å². The van der Waals surface area contributed by atoms with E-state index in [-0.39, 0.29) is 11.3 Å². The first-order valence-corrected chi connectivity index (χ1v) is 6.88. The lowest BCUT2D eigenvalue weighted by Crippen LogP contribution is -2.12. The molecule has 0 aliphatic rings. The second-order valence-corrected chi connectivity index (χ2v) is 5.38. The lowest BCUT2D eigenvalue weighted by molar-refractivity contribution is 0.0693. The third kappa shape index (κ3) is 3.53. The molecule has 0 unspecified atom stereocenters. The van der Waals surface area contributed by atoms with Gasteiger partial charge in [0.05, 0.1) is 5.02 Å². The van der Waals surface area contributed by atoms with Gasteiger partial charge >= 0.3 is 5.97 Å². The van der Waals surface area contributed by atoms with Crippen molar-refractivity contribution in [2.45, 2.75) is 0 Å². The fraction of sp³-hybridized carbons (Fsp3) is 0. The monoisotopic (exact) mass is 369 g/mol. The number of aromatic carboxylic acids is 1. The van der Waals surface area contributed by atoms with Gasteiger partial charge in [-0.25, -0.2) is 4.79 Å². The van der Waals surface area contributed by atoms with Gasteiger partial charge in [-0.2, -0.15) is 0 Å². The summed E-state index contributed by atoms with van der Waals surface area (Å²) in [7, 11) is 0. The first kappa shape index (κ1) is 15.3. The summed E-state index contributed by atoms with van der Waals surface area (Å²) < 4.78 is 0.671. The van der Waals surface area contributed by atoms with E-state index in [1.165, 1.54) is 24.3 Å². The number of halogens is 2. The molecule has 2 aromatic rings. The maximum atomic E-state index is 12.0. The summed E-state index contributed by atoms with van der Waals surface area (Å²) in [5.74, 6) is -2.09. The van der Waals surface area contributed by atoms with Crippen molar-refractivity contribution in [2.75, 3.05) is 5.32 Å². The van der Waals surface area contributed by atoms with Crippen molar-refractivity contribution in [2.24, 2.45) is 0 Å². The fourth-order valence-electron chi connectivity index (χ4n) is 1.63. The van der Waals surface area contributed by atoms with E-state index in [9.17, 15) is 14.7 Å². The van der Waals surface area contributed by atoms with Crippen LogP contribution in [0.2, 0.25) is 5.02 Å². The molecule has 3 N–H and O–H groups in total. The quantitative estimate of drug-likeness (QED) is 0.768. The Bertz CT molecular complexity index is 733. The number of anilines is 1. The second kappa shape index (κ2) is 6.15. The van der Waals surface area contributed by atoms with Gasteiger partial charge in [0.2, 0.25) is 0 Å². The molecule has 0 bridgehead atoms. The molecule has 108 valence electrons. The highest BCUT2D eigenvalue weighted by Gasteiger charge is 2.12. The zero-order chi connectivity index (χ0) is 15.6. The minimum atomic E-state index is -1.25. The second-order valence-electron chi connectivity index (χ2n) is 4.12. The number of rotatable bonds is 3. The molecule has 0 atom stereocenters. The van der Waals surface area contributed by atoms with Gasteiger partial charge in [0, 0.05) is 21.8 Å². The highest BCUT2D eigenvalue weighted by Crippen LogP contribution is 2.25. The third-order valence-corrected chi connectivity index (χ3v) is 3.90. The molecule has 0 saturated heterocycles. The number of carbonyl (C=O) groups excluding carboxylic acids is 1. The zero-order valence-electron chi connectivity index (χ0n) is 10.4. The van der Waals surface area contributed by atoms with Crippen LogP contribution in [-0.2, 0) is 0 Å². The standard InChI is InChI=1S/C14H9BrClNO4/c15-10-4-1-7(5-11(10)16)13(19)17-8-2-3-9(14(20)21)12(18)6-8/h1-6,18H,(H,17,19)(H,20,21). The van der Waals surface area contributed by atoms with Gasteiger partial charge in [0.1, 0.15) is 11.3 Å². The predicted octanol–water partition coefficient (Wildman–Crippen LogP) is 3.76. The minimum absolute atomic E-state index is 0.236. The molecule has 5 nitrogen and oxygen atoms in total. The minimum Gasteiger partial charge on any atom is -0.507 e. The largest absolute Gasteiger partial charge is 0.507 e. The molecule has 0 aliphatic carbocycles.